The van der Waals surface area contributed by atoms with Gasteiger partial charge in [-0.2, -0.15) is 11.8 Å². The fourth-order valence-electron chi connectivity index (χ4n) is 3.43. The summed E-state index contributed by atoms with van der Waals surface area (Å²) >= 11 is 1.68. The Morgan fingerprint density at radius 2 is 1.65 bits per heavy atom. The first-order valence-electron chi connectivity index (χ1n) is 8.87. The van der Waals surface area contributed by atoms with E-state index in [4.69, 9.17) is 0 Å². The quantitative estimate of drug-likeness (QED) is 0.738. The summed E-state index contributed by atoms with van der Waals surface area (Å²) in [6, 6.07) is 19.7. The number of amides is 3. The molecule has 2 atom stereocenters. The number of carbonyl (C=O) groups excluding carboxylic acids is 2. The third kappa shape index (κ3) is 3.63. The Hall–Kier alpha value is -2.27. The number of thioether (sulfide) groups is 1. The van der Waals surface area contributed by atoms with Crippen LogP contribution in [0.4, 0.5) is 4.79 Å². The molecule has 0 spiro atoms. The van der Waals surface area contributed by atoms with E-state index >= 15 is 0 Å². The molecule has 0 aliphatic carbocycles. The molecule has 0 aromatic heterocycles. The number of imide groups is 1. The molecule has 3 amide bonds. The van der Waals surface area contributed by atoms with Crippen LogP contribution in [0, 0.1) is 0 Å². The second kappa shape index (κ2) is 7.96. The topological polar surface area (TPSA) is 49.4 Å². The van der Waals surface area contributed by atoms with Gasteiger partial charge in [-0.15, -0.1) is 0 Å². The normalized spacial score (nSPS) is 20.9. The molecule has 0 bridgehead atoms. The van der Waals surface area contributed by atoms with Gasteiger partial charge in [0.15, 0.2) is 0 Å². The molecule has 1 heterocycles. The zero-order chi connectivity index (χ0) is 18.6. The van der Waals surface area contributed by atoms with E-state index in [0.29, 0.717) is 5.75 Å². The molecule has 0 saturated carbocycles. The van der Waals surface area contributed by atoms with E-state index in [9.17, 15) is 9.59 Å². The third-order valence-electron chi connectivity index (χ3n) is 4.84. The van der Waals surface area contributed by atoms with Gasteiger partial charge in [0.05, 0.1) is 6.04 Å². The van der Waals surface area contributed by atoms with Gasteiger partial charge in [0.2, 0.25) is 0 Å². The smallest absolute Gasteiger partial charge is 0.302 e. The zero-order valence-corrected chi connectivity index (χ0v) is 16.0. The van der Waals surface area contributed by atoms with E-state index in [1.54, 1.807) is 16.7 Å². The SMILES string of the molecule is CCC(c1ccccc1)N1C(=O)NC(=O)[C@]1(C)CSCc1ccccc1. The summed E-state index contributed by atoms with van der Waals surface area (Å²) in [5.74, 6) is 1.16. The summed E-state index contributed by atoms with van der Waals surface area (Å²) in [5, 5.41) is 2.53. The van der Waals surface area contributed by atoms with Crippen LogP contribution in [0.5, 0.6) is 0 Å². The largest absolute Gasteiger partial charge is 0.325 e. The first-order valence-corrected chi connectivity index (χ1v) is 10.0. The van der Waals surface area contributed by atoms with Gasteiger partial charge in [0.1, 0.15) is 5.54 Å². The molecule has 1 unspecified atom stereocenters. The maximum Gasteiger partial charge on any atom is 0.325 e. The van der Waals surface area contributed by atoms with Crippen LogP contribution in [-0.4, -0.2) is 28.1 Å². The van der Waals surface area contributed by atoms with E-state index in [2.05, 4.69) is 17.4 Å². The van der Waals surface area contributed by atoms with Crippen LogP contribution in [0.1, 0.15) is 37.4 Å². The van der Waals surface area contributed by atoms with Gasteiger partial charge < -0.3 is 4.90 Å². The van der Waals surface area contributed by atoms with Crippen LogP contribution in [0.3, 0.4) is 0 Å². The van der Waals surface area contributed by atoms with Crippen LogP contribution in [0.2, 0.25) is 0 Å². The minimum absolute atomic E-state index is 0.120. The highest BCUT2D eigenvalue weighted by Crippen LogP contribution is 2.36. The van der Waals surface area contributed by atoms with Crippen molar-refractivity contribution in [3.63, 3.8) is 0 Å². The summed E-state index contributed by atoms with van der Waals surface area (Å²) in [5.41, 5.74) is 1.42. The Bertz CT molecular complexity index is 766. The minimum atomic E-state index is -0.854. The lowest BCUT2D eigenvalue weighted by Gasteiger charge is -2.37. The average molecular weight is 369 g/mol. The van der Waals surface area contributed by atoms with E-state index in [1.807, 2.05) is 62.4 Å². The first-order chi connectivity index (χ1) is 12.6. The maximum atomic E-state index is 12.6. The Kier molecular flexibility index (Phi) is 5.67. The van der Waals surface area contributed by atoms with E-state index < -0.39 is 5.54 Å². The van der Waals surface area contributed by atoms with E-state index in [1.165, 1.54) is 5.56 Å². The monoisotopic (exact) mass is 368 g/mol. The summed E-state index contributed by atoms with van der Waals surface area (Å²) in [4.78, 5) is 27.0. The fourth-order valence-corrected chi connectivity index (χ4v) is 4.63. The molecule has 1 aliphatic heterocycles. The molecule has 5 heteroatoms. The molecular weight excluding hydrogens is 344 g/mol. The average Bonchev–Trinajstić information content (AvgIpc) is 2.88. The van der Waals surface area contributed by atoms with Crippen molar-refractivity contribution in [3.05, 3.63) is 71.8 Å². The summed E-state index contributed by atoms with van der Waals surface area (Å²) in [6.07, 6.45) is 0.754. The molecule has 1 fully saturated rings. The van der Waals surface area contributed by atoms with Crippen molar-refractivity contribution in [2.45, 2.75) is 37.6 Å². The van der Waals surface area contributed by atoms with Gasteiger partial charge in [-0.1, -0.05) is 67.6 Å². The number of nitrogens with zero attached hydrogens (tertiary/aromatic N) is 1. The molecule has 2 aromatic rings. The predicted molar refractivity (Wildman–Crippen MR) is 106 cm³/mol. The van der Waals surface area contributed by atoms with Crippen LogP contribution in [0.15, 0.2) is 60.7 Å². The van der Waals surface area contributed by atoms with Gasteiger partial charge in [-0.25, -0.2) is 4.79 Å². The minimum Gasteiger partial charge on any atom is -0.302 e. The van der Waals surface area contributed by atoms with Gasteiger partial charge in [-0.3, -0.25) is 10.1 Å². The Labute approximate surface area is 159 Å². The summed E-state index contributed by atoms with van der Waals surface area (Å²) < 4.78 is 0. The molecule has 1 N–H and O–H groups in total. The molecule has 4 nitrogen and oxygen atoms in total. The summed E-state index contributed by atoms with van der Waals surface area (Å²) in [6.45, 7) is 3.92. The Balaban J connectivity index is 1.80. The lowest BCUT2D eigenvalue weighted by atomic mass is 9.96. The highest BCUT2D eigenvalue weighted by atomic mass is 32.2. The molecule has 0 radical (unpaired) electrons. The van der Waals surface area contributed by atoms with Gasteiger partial charge in [-0.05, 0) is 24.5 Å². The molecule has 2 aromatic carbocycles. The number of hydrogen-bond donors (Lipinski definition) is 1. The van der Waals surface area contributed by atoms with Crippen LogP contribution < -0.4 is 5.32 Å². The zero-order valence-electron chi connectivity index (χ0n) is 15.1. The molecular formula is C21H24N2O2S. The van der Waals surface area contributed by atoms with Crippen molar-refractivity contribution in [2.24, 2.45) is 0 Å². The van der Waals surface area contributed by atoms with Gasteiger partial charge >= 0.3 is 6.03 Å². The van der Waals surface area contributed by atoms with Crippen molar-refractivity contribution in [3.8, 4) is 0 Å². The first kappa shape index (κ1) is 18.5. The van der Waals surface area contributed by atoms with E-state index in [0.717, 1.165) is 17.7 Å². The Morgan fingerprint density at radius 3 is 2.27 bits per heavy atom. The van der Waals surface area contributed by atoms with Crippen molar-refractivity contribution in [1.29, 1.82) is 0 Å². The van der Waals surface area contributed by atoms with Gasteiger partial charge in [0.25, 0.3) is 5.91 Å². The summed E-state index contributed by atoms with van der Waals surface area (Å²) in [7, 11) is 0. The molecule has 136 valence electrons. The molecule has 1 aliphatic rings. The lowest BCUT2D eigenvalue weighted by Crippen LogP contribution is -2.50. The van der Waals surface area contributed by atoms with Crippen molar-refractivity contribution < 1.29 is 9.59 Å². The van der Waals surface area contributed by atoms with E-state index in [-0.39, 0.29) is 18.0 Å². The number of rotatable bonds is 7. The second-order valence-electron chi connectivity index (χ2n) is 6.72. The van der Waals surface area contributed by atoms with Gasteiger partial charge in [0, 0.05) is 11.5 Å². The number of carbonyl (C=O) groups is 2. The number of benzene rings is 2. The highest BCUT2D eigenvalue weighted by Gasteiger charge is 2.51. The maximum absolute atomic E-state index is 12.6. The van der Waals surface area contributed by atoms with Crippen molar-refractivity contribution >= 4 is 23.7 Å². The highest BCUT2D eigenvalue weighted by molar-refractivity contribution is 7.98. The number of urea groups is 1. The predicted octanol–water partition coefficient (Wildman–Crippen LogP) is 4.38. The molecule has 3 rings (SSSR count). The lowest BCUT2D eigenvalue weighted by molar-refractivity contribution is -0.125. The van der Waals surface area contributed by atoms with Crippen molar-refractivity contribution in [2.75, 3.05) is 5.75 Å². The second-order valence-corrected chi connectivity index (χ2v) is 7.70. The molecule has 1 saturated heterocycles. The molecule has 26 heavy (non-hydrogen) atoms. The van der Waals surface area contributed by atoms with Crippen LogP contribution in [-0.2, 0) is 10.5 Å². The standard InChI is InChI=1S/C21H24N2O2S/c1-3-18(17-12-8-5-9-13-17)23-20(25)22-19(24)21(23,2)15-26-14-16-10-6-4-7-11-16/h4-13,18H,3,14-15H2,1-2H3,(H,22,24,25)/t18?,21-/m0/s1. The Morgan fingerprint density at radius 1 is 1.04 bits per heavy atom. The number of hydrogen-bond acceptors (Lipinski definition) is 3. The van der Waals surface area contributed by atoms with Crippen molar-refractivity contribution in [1.82, 2.24) is 10.2 Å². The van der Waals surface area contributed by atoms with Crippen LogP contribution >= 0.6 is 11.8 Å². The third-order valence-corrected chi connectivity index (χ3v) is 6.14. The van der Waals surface area contributed by atoms with Crippen LogP contribution in [0.25, 0.3) is 0 Å². The number of nitrogens with one attached hydrogen (secondary N) is 1. The fraction of sp³-hybridized carbons (Fsp3) is 0.333.